The van der Waals surface area contributed by atoms with E-state index in [2.05, 4.69) is 15.5 Å². The van der Waals surface area contributed by atoms with Gasteiger partial charge in [0.1, 0.15) is 11.9 Å². The Bertz CT molecular complexity index is 880. The number of hydrogen-bond donors (Lipinski definition) is 2. The van der Waals surface area contributed by atoms with E-state index >= 15 is 0 Å². The van der Waals surface area contributed by atoms with Gasteiger partial charge < -0.3 is 20.3 Å². The van der Waals surface area contributed by atoms with Crippen molar-refractivity contribution in [2.24, 2.45) is 0 Å². The van der Waals surface area contributed by atoms with Crippen LogP contribution in [-0.4, -0.2) is 57.1 Å². The maximum Gasteiger partial charge on any atom is 0.254 e. The van der Waals surface area contributed by atoms with E-state index in [4.69, 9.17) is 4.74 Å². The molecule has 2 aromatic rings. The van der Waals surface area contributed by atoms with Crippen LogP contribution in [0.1, 0.15) is 51.1 Å². The Hall–Kier alpha value is -2.86. The van der Waals surface area contributed by atoms with E-state index in [9.17, 15) is 9.59 Å². The molecule has 0 aliphatic carbocycles. The number of carbonyl (C=O) groups excluding carboxylic acids is 2. The molecule has 2 N–H and O–H groups in total. The third-order valence-corrected chi connectivity index (χ3v) is 5.19. The van der Waals surface area contributed by atoms with Crippen LogP contribution in [-0.2, 0) is 0 Å². The highest BCUT2D eigenvalue weighted by Crippen LogP contribution is 2.44. The van der Waals surface area contributed by atoms with Gasteiger partial charge in [-0.2, -0.15) is 0 Å². The number of amides is 2. The molecule has 6 heteroatoms. The highest BCUT2D eigenvalue weighted by Gasteiger charge is 2.36. The van der Waals surface area contributed by atoms with Crippen molar-refractivity contribution in [1.29, 1.82) is 0 Å². The summed E-state index contributed by atoms with van der Waals surface area (Å²) in [6.07, 6.45) is 0.730. The van der Waals surface area contributed by atoms with E-state index in [1.165, 1.54) is 0 Å². The Morgan fingerprint density at radius 2 is 1.83 bits per heavy atom. The molecule has 6 nitrogen and oxygen atoms in total. The molecule has 0 radical (unpaired) electrons. The van der Waals surface area contributed by atoms with Crippen molar-refractivity contribution >= 4 is 11.8 Å². The lowest BCUT2D eigenvalue weighted by molar-refractivity contribution is 0.0952. The number of nitrogens with zero attached hydrogens (tertiary/aromatic N) is 1. The molecule has 0 saturated heterocycles. The summed E-state index contributed by atoms with van der Waals surface area (Å²) in [4.78, 5) is 27.4. The van der Waals surface area contributed by atoms with Crippen molar-refractivity contribution in [2.75, 3.05) is 34.2 Å². The number of rotatable bonds is 7. The minimum absolute atomic E-state index is 0.0314. The smallest absolute Gasteiger partial charge is 0.254 e. The molecule has 1 aliphatic rings. The predicted octanol–water partition coefficient (Wildman–Crippen LogP) is 2.64. The van der Waals surface area contributed by atoms with E-state index in [1.54, 1.807) is 13.1 Å². The van der Waals surface area contributed by atoms with Crippen LogP contribution >= 0.6 is 0 Å². The van der Waals surface area contributed by atoms with E-state index in [-0.39, 0.29) is 23.8 Å². The topological polar surface area (TPSA) is 70.7 Å². The molecule has 2 amide bonds. The summed E-state index contributed by atoms with van der Waals surface area (Å²) in [7, 11) is 5.58. The number of benzene rings is 2. The van der Waals surface area contributed by atoms with Crippen LogP contribution in [0.25, 0.3) is 0 Å². The van der Waals surface area contributed by atoms with Gasteiger partial charge in [-0.25, -0.2) is 0 Å². The molecule has 2 atom stereocenters. The van der Waals surface area contributed by atoms with Crippen molar-refractivity contribution in [1.82, 2.24) is 15.5 Å². The van der Waals surface area contributed by atoms with Crippen LogP contribution in [0, 0.1) is 0 Å². The second kappa shape index (κ2) is 9.09. The van der Waals surface area contributed by atoms with Crippen molar-refractivity contribution < 1.29 is 14.3 Å². The van der Waals surface area contributed by atoms with E-state index in [1.807, 2.05) is 57.4 Å². The van der Waals surface area contributed by atoms with Crippen molar-refractivity contribution in [3.63, 3.8) is 0 Å². The van der Waals surface area contributed by atoms with Crippen LogP contribution in [0.2, 0.25) is 0 Å². The molecule has 0 saturated carbocycles. The Morgan fingerprint density at radius 3 is 2.48 bits per heavy atom. The lowest BCUT2D eigenvalue weighted by Crippen LogP contribution is -2.28. The van der Waals surface area contributed by atoms with Gasteiger partial charge in [-0.05, 0) is 51.7 Å². The fraction of sp³-hybridized carbons (Fsp3) is 0.391. The summed E-state index contributed by atoms with van der Waals surface area (Å²) in [6, 6.07) is 13.5. The van der Waals surface area contributed by atoms with Crippen molar-refractivity contribution in [2.45, 2.75) is 25.4 Å². The average molecular weight is 396 g/mol. The molecule has 1 aliphatic heterocycles. The summed E-state index contributed by atoms with van der Waals surface area (Å²) in [5, 5.41) is 5.61. The largest absolute Gasteiger partial charge is 0.489 e. The van der Waals surface area contributed by atoms with Crippen LogP contribution < -0.4 is 15.4 Å². The summed E-state index contributed by atoms with van der Waals surface area (Å²) in [6.45, 7) is 3.47. The monoisotopic (exact) mass is 395 g/mol. The lowest BCUT2D eigenvalue weighted by Gasteiger charge is -2.15. The summed E-state index contributed by atoms with van der Waals surface area (Å²) in [5.74, 6) is 0.0958. The maximum atomic E-state index is 12.8. The second-order valence-electron chi connectivity index (χ2n) is 7.65. The molecular weight excluding hydrogens is 366 g/mol. The molecule has 1 heterocycles. The number of nitrogens with one attached hydrogen (secondary N) is 2. The Kier molecular flexibility index (Phi) is 6.54. The minimum Gasteiger partial charge on any atom is -0.489 e. The van der Waals surface area contributed by atoms with Crippen LogP contribution in [0.15, 0.2) is 42.5 Å². The SMILES string of the molecule is CNC(=O)c1cc(C(=O)NCCCN(C)C)cc2c1OC(C)C2c1ccccc1. The Labute approximate surface area is 172 Å². The average Bonchev–Trinajstić information content (AvgIpc) is 3.05. The number of ether oxygens (including phenoxy) is 1. The predicted molar refractivity (Wildman–Crippen MR) is 114 cm³/mol. The molecule has 0 bridgehead atoms. The van der Waals surface area contributed by atoms with E-state index < -0.39 is 0 Å². The third kappa shape index (κ3) is 4.59. The first kappa shape index (κ1) is 20.9. The highest BCUT2D eigenvalue weighted by molar-refractivity contribution is 6.02. The number of fused-ring (bicyclic) bond motifs is 1. The quantitative estimate of drug-likeness (QED) is 0.707. The fourth-order valence-corrected chi connectivity index (χ4v) is 3.77. The molecule has 2 unspecified atom stereocenters. The van der Waals surface area contributed by atoms with Gasteiger partial charge in [0.15, 0.2) is 0 Å². The maximum absolute atomic E-state index is 12.8. The van der Waals surface area contributed by atoms with Gasteiger partial charge in [0, 0.05) is 30.6 Å². The first-order chi connectivity index (χ1) is 13.9. The van der Waals surface area contributed by atoms with E-state index in [0.717, 1.165) is 24.1 Å². The van der Waals surface area contributed by atoms with Gasteiger partial charge in [0.2, 0.25) is 0 Å². The van der Waals surface area contributed by atoms with Gasteiger partial charge in [0.05, 0.1) is 5.56 Å². The lowest BCUT2D eigenvalue weighted by atomic mass is 9.87. The van der Waals surface area contributed by atoms with Crippen molar-refractivity contribution in [3.8, 4) is 5.75 Å². The molecule has 0 fully saturated rings. The molecule has 0 spiro atoms. The van der Waals surface area contributed by atoms with Gasteiger partial charge in [-0.15, -0.1) is 0 Å². The highest BCUT2D eigenvalue weighted by atomic mass is 16.5. The zero-order chi connectivity index (χ0) is 21.0. The Morgan fingerprint density at radius 1 is 1.10 bits per heavy atom. The van der Waals surface area contributed by atoms with Gasteiger partial charge in [0.25, 0.3) is 11.8 Å². The first-order valence-electron chi connectivity index (χ1n) is 9.97. The second-order valence-corrected chi connectivity index (χ2v) is 7.65. The zero-order valence-corrected chi connectivity index (χ0v) is 17.5. The summed E-state index contributed by atoms with van der Waals surface area (Å²) < 4.78 is 6.09. The van der Waals surface area contributed by atoms with Gasteiger partial charge >= 0.3 is 0 Å². The summed E-state index contributed by atoms with van der Waals surface area (Å²) in [5.41, 5.74) is 2.85. The van der Waals surface area contributed by atoms with Gasteiger partial charge in [-0.3, -0.25) is 9.59 Å². The Balaban J connectivity index is 1.95. The third-order valence-electron chi connectivity index (χ3n) is 5.19. The fourth-order valence-electron chi connectivity index (χ4n) is 3.77. The van der Waals surface area contributed by atoms with Gasteiger partial charge in [-0.1, -0.05) is 30.3 Å². The number of carbonyl (C=O) groups is 2. The standard InChI is InChI=1S/C23H29N3O3/c1-15-20(16-9-6-5-7-10-16)18-13-17(22(27)25-11-8-12-26(3)4)14-19(21(18)29-15)23(28)24-2/h5-7,9-10,13-15,20H,8,11-12H2,1-4H3,(H,24,28)(H,25,27). The van der Waals surface area contributed by atoms with Crippen LogP contribution in [0.3, 0.4) is 0 Å². The summed E-state index contributed by atoms with van der Waals surface area (Å²) >= 11 is 0. The minimum atomic E-state index is -0.260. The molecule has 29 heavy (non-hydrogen) atoms. The van der Waals surface area contributed by atoms with Crippen LogP contribution in [0.5, 0.6) is 5.75 Å². The van der Waals surface area contributed by atoms with Crippen LogP contribution in [0.4, 0.5) is 0 Å². The molecule has 2 aromatic carbocycles. The normalized spacial score (nSPS) is 17.6. The molecular formula is C23H29N3O3. The van der Waals surface area contributed by atoms with E-state index in [0.29, 0.717) is 23.4 Å². The van der Waals surface area contributed by atoms with Crippen molar-refractivity contribution in [3.05, 3.63) is 64.7 Å². The molecule has 3 rings (SSSR count). The zero-order valence-electron chi connectivity index (χ0n) is 17.5. The molecule has 154 valence electrons. The number of hydrogen-bond acceptors (Lipinski definition) is 4. The molecule has 0 aromatic heterocycles. The first-order valence-corrected chi connectivity index (χ1v) is 9.97.